The first kappa shape index (κ1) is 15.5. The highest BCUT2D eigenvalue weighted by Crippen LogP contribution is 2.29. The molecule has 0 aromatic heterocycles. The highest BCUT2D eigenvalue weighted by Gasteiger charge is 2.11. The number of hydrogen-bond donors (Lipinski definition) is 1. The number of halogens is 1. The minimum Gasteiger partial charge on any atom is -0.454 e. The van der Waals surface area contributed by atoms with E-state index in [1.54, 1.807) is 6.07 Å². The van der Waals surface area contributed by atoms with E-state index in [2.05, 4.69) is 18.3 Å². The van der Waals surface area contributed by atoms with Gasteiger partial charge in [-0.25, -0.2) is 4.39 Å². The average molecular weight is 287 g/mol. The maximum absolute atomic E-state index is 14.1. The lowest BCUT2D eigenvalue weighted by Crippen LogP contribution is -2.14. The number of rotatable bonds is 6. The van der Waals surface area contributed by atoms with E-state index in [1.165, 1.54) is 6.07 Å². The van der Waals surface area contributed by atoms with Crippen LogP contribution in [0.3, 0.4) is 0 Å². The maximum atomic E-state index is 14.1. The first-order valence-electron chi connectivity index (χ1n) is 7.34. The van der Waals surface area contributed by atoms with E-state index in [1.807, 2.05) is 32.0 Å². The van der Waals surface area contributed by atoms with Crippen molar-refractivity contribution in [1.82, 2.24) is 5.32 Å². The SMILES string of the molecule is CCCNCc1cccc(F)c1Oc1cc(C)cc(C)c1. The van der Waals surface area contributed by atoms with Crippen LogP contribution >= 0.6 is 0 Å². The van der Waals surface area contributed by atoms with Gasteiger partial charge in [0.25, 0.3) is 0 Å². The molecule has 0 saturated carbocycles. The van der Waals surface area contributed by atoms with Crippen molar-refractivity contribution in [2.75, 3.05) is 6.54 Å². The second kappa shape index (κ2) is 7.23. The molecule has 0 spiro atoms. The summed E-state index contributed by atoms with van der Waals surface area (Å²) in [7, 11) is 0. The molecule has 2 nitrogen and oxygen atoms in total. The number of hydrogen-bond acceptors (Lipinski definition) is 2. The third kappa shape index (κ3) is 4.30. The van der Waals surface area contributed by atoms with E-state index in [9.17, 15) is 4.39 Å². The monoisotopic (exact) mass is 287 g/mol. The Morgan fingerprint density at radius 3 is 2.48 bits per heavy atom. The van der Waals surface area contributed by atoms with E-state index in [-0.39, 0.29) is 5.82 Å². The molecule has 3 heteroatoms. The molecule has 21 heavy (non-hydrogen) atoms. The molecule has 1 N–H and O–H groups in total. The fraction of sp³-hybridized carbons (Fsp3) is 0.333. The third-order valence-corrected chi connectivity index (χ3v) is 3.21. The standard InChI is InChI=1S/C18H22FNO/c1-4-8-20-12-15-6-5-7-17(19)18(15)21-16-10-13(2)9-14(3)11-16/h5-7,9-11,20H,4,8,12H2,1-3H3. The van der Waals surface area contributed by atoms with Crippen molar-refractivity contribution in [2.24, 2.45) is 0 Å². The molecule has 112 valence electrons. The molecule has 0 radical (unpaired) electrons. The lowest BCUT2D eigenvalue weighted by Gasteiger charge is -2.13. The predicted molar refractivity (Wildman–Crippen MR) is 84.4 cm³/mol. The van der Waals surface area contributed by atoms with Gasteiger partial charge in [0.1, 0.15) is 5.75 Å². The van der Waals surface area contributed by atoms with Crippen molar-refractivity contribution in [2.45, 2.75) is 33.7 Å². The molecule has 2 aromatic carbocycles. The third-order valence-electron chi connectivity index (χ3n) is 3.21. The van der Waals surface area contributed by atoms with Crippen molar-refractivity contribution in [3.05, 3.63) is 58.9 Å². The van der Waals surface area contributed by atoms with Gasteiger partial charge in [-0.15, -0.1) is 0 Å². The molecule has 0 unspecified atom stereocenters. The van der Waals surface area contributed by atoms with Crippen LogP contribution in [-0.4, -0.2) is 6.54 Å². The van der Waals surface area contributed by atoms with E-state index in [4.69, 9.17) is 4.74 Å². The summed E-state index contributed by atoms with van der Waals surface area (Å²) >= 11 is 0. The number of benzene rings is 2. The second-order valence-electron chi connectivity index (χ2n) is 5.33. The molecule has 0 amide bonds. The van der Waals surface area contributed by atoms with Crippen molar-refractivity contribution in [3.63, 3.8) is 0 Å². The quantitative estimate of drug-likeness (QED) is 0.775. The van der Waals surface area contributed by atoms with Crippen molar-refractivity contribution >= 4 is 0 Å². The number of aryl methyl sites for hydroxylation is 2. The zero-order valence-electron chi connectivity index (χ0n) is 12.9. The first-order valence-corrected chi connectivity index (χ1v) is 7.34. The summed E-state index contributed by atoms with van der Waals surface area (Å²) in [6.45, 7) is 7.62. The Morgan fingerprint density at radius 2 is 1.81 bits per heavy atom. The van der Waals surface area contributed by atoms with Gasteiger partial charge in [-0.2, -0.15) is 0 Å². The highest BCUT2D eigenvalue weighted by atomic mass is 19.1. The lowest BCUT2D eigenvalue weighted by molar-refractivity contribution is 0.433. The van der Waals surface area contributed by atoms with Crippen LogP contribution in [0, 0.1) is 19.7 Å². The highest BCUT2D eigenvalue weighted by molar-refractivity contribution is 5.41. The molecule has 2 rings (SSSR count). The number of nitrogens with one attached hydrogen (secondary N) is 1. The molecule has 0 aliphatic carbocycles. The van der Waals surface area contributed by atoms with Crippen LogP contribution in [0.4, 0.5) is 4.39 Å². The largest absolute Gasteiger partial charge is 0.454 e. The summed E-state index contributed by atoms with van der Waals surface area (Å²) in [4.78, 5) is 0. The van der Waals surface area contributed by atoms with Crippen LogP contribution in [0.1, 0.15) is 30.0 Å². The van der Waals surface area contributed by atoms with Crippen molar-refractivity contribution in [3.8, 4) is 11.5 Å². The summed E-state index contributed by atoms with van der Waals surface area (Å²) in [6, 6.07) is 10.9. The van der Waals surface area contributed by atoms with Crippen molar-refractivity contribution < 1.29 is 9.13 Å². The van der Waals surface area contributed by atoms with Crippen LogP contribution < -0.4 is 10.1 Å². The molecule has 0 saturated heterocycles. The minimum atomic E-state index is -0.329. The van der Waals surface area contributed by atoms with Gasteiger partial charge in [0.15, 0.2) is 11.6 Å². The maximum Gasteiger partial charge on any atom is 0.167 e. The fourth-order valence-corrected chi connectivity index (χ4v) is 2.32. The molecule has 0 atom stereocenters. The summed E-state index contributed by atoms with van der Waals surface area (Å²) < 4.78 is 19.9. The Kier molecular flexibility index (Phi) is 5.34. The smallest absolute Gasteiger partial charge is 0.167 e. The molecular weight excluding hydrogens is 265 g/mol. The van der Waals surface area contributed by atoms with Crippen LogP contribution in [0.5, 0.6) is 11.5 Å². The van der Waals surface area contributed by atoms with Gasteiger partial charge in [-0.1, -0.05) is 25.1 Å². The van der Waals surface area contributed by atoms with Crippen LogP contribution in [0.25, 0.3) is 0 Å². The molecule has 0 heterocycles. The molecule has 0 aliphatic rings. The van der Waals surface area contributed by atoms with Crippen LogP contribution in [0.15, 0.2) is 36.4 Å². The van der Waals surface area contributed by atoms with Gasteiger partial charge < -0.3 is 10.1 Å². The summed E-state index contributed by atoms with van der Waals surface area (Å²) in [6.07, 6.45) is 1.04. The number of ether oxygens (including phenoxy) is 1. The normalized spacial score (nSPS) is 10.7. The van der Waals surface area contributed by atoms with Crippen LogP contribution in [0.2, 0.25) is 0 Å². The Hall–Kier alpha value is -1.87. The number of para-hydroxylation sites is 1. The van der Waals surface area contributed by atoms with Gasteiger partial charge in [0.05, 0.1) is 0 Å². The van der Waals surface area contributed by atoms with Crippen molar-refractivity contribution in [1.29, 1.82) is 0 Å². The summed E-state index contributed by atoms with van der Waals surface area (Å²) in [5.41, 5.74) is 3.04. The second-order valence-corrected chi connectivity index (χ2v) is 5.33. The fourth-order valence-electron chi connectivity index (χ4n) is 2.32. The Morgan fingerprint density at radius 1 is 1.10 bits per heavy atom. The van der Waals surface area contributed by atoms with Gasteiger partial charge in [0, 0.05) is 12.1 Å². The van der Waals surface area contributed by atoms with E-state index in [0.29, 0.717) is 18.0 Å². The first-order chi connectivity index (χ1) is 10.1. The molecule has 0 aliphatic heterocycles. The Balaban J connectivity index is 2.25. The lowest BCUT2D eigenvalue weighted by atomic mass is 10.1. The minimum absolute atomic E-state index is 0.311. The summed E-state index contributed by atoms with van der Waals surface area (Å²) in [5, 5.41) is 3.28. The summed E-state index contributed by atoms with van der Waals surface area (Å²) in [5.74, 6) is 0.658. The van der Waals surface area contributed by atoms with Gasteiger partial charge >= 0.3 is 0 Å². The average Bonchev–Trinajstić information content (AvgIpc) is 2.41. The zero-order chi connectivity index (χ0) is 15.2. The van der Waals surface area contributed by atoms with E-state index >= 15 is 0 Å². The topological polar surface area (TPSA) is 21.3 Å². The Labute approximate surface area is 126 Å². The molecule has 0 fully saturated rings. The van der Waals surface area contributed by atoms with E-state index < -0.39 is 0 Å². The van der Waals surface area contributed by atoms with E-state index in [0.717, 1.165) is 29.7 Å². The Bertz CT molecular complexity index is 590. The molecular formula is C18H22FNO. The predicted octanol–water partition coefficient (Wildman–Crippen LogP) is 4.73. The van der Waals surface area contributed by atoms with Gasteiger partial charge in [0.2, 0.25) is 0 Å². The van der Waals surface area contributed by atoms with Gasteiger partial charge in [-0.3, -0.25) is 0 Å². The van der Waals surface area contributed by atoms with Gasteiger partial charge in [-0.05, 0) is 56.1 Å². The molecule has 2 aromatic rings. The molecule has 0 bridgehead atoms. The van der Waals surface area contributed by atoms with Crippen LogP contribution in [-0.2, 0) is 6.54 Å². The zero-order valence-corrected chi connectivity index (χ0v) is 12.9.